The molecule has 0 fully saturated rings. The van der Waals surface area contributed by atoms with Crippen LogP contribution in [0.1, 0.15) is 77.2 Å². The van der Waals surface area contributed by atoms with Crippen molar-refractivity contribution in [2.24, 2.45) is 0 Å². The van der Waals surface area contributed by atoms with Gasteiger partial charge >= 0.3 is 5.97 Å². The van der Waals surface area contributed by atoms with Crippen LogP contribution in [0, 0.1) is 0 Å². The van der Waals surface area contributed by atoms with Crippen molar-refractivity contribution in [3.8, 4) is 0 Å². The van der Waals surface area contributed by atoms with Gasteiger partial charge in [0.1, 0.15) is 0 Å². The summed E-state index contributed by atoms with van der Waals surface area (Å²) in [7, 11) is 0. The Morgan fingerprint density at radius 2 is 1.73 bits per heavy atom. The largest absolute Gasteiger partial charge is 0.463 e. The van der Waals surface area contributed by atoms with Crippen LogP contribution in [0.25, 0.3) is 0 Å². The molecule has 0 radical (unpaired) electrons. The summed E-state index contributed by atoms with van der Waals surface area (Å²) >= 11 is 0. The molecule has 1 aromatic rings. The first-order valence-corrected chi connectivity index (χ1v) is 8.95. The molecule has 22 heavy (non-hydrogen) atoms. The summed E-state index contributed by atoms with van der Waals surface area (Å²) in [5.74, 6) is -0.0332. The molecule has 1 aromatic carbocycles. The van der Waals surface area contributed by atoms with E-state index in [-0.39, 0.29) is 12.1 Å². The third-order valence-electron chi connectivity index (χ3n) is 3.99. The van der Waals surface area contributed by atoms with E-state index in [1.54, 1.807) is 0 Å². The zero-order chi connectivity index (χ0) is 16.0. The van der Waals surface area contributed by atoms with E-state index >= 15 is 0 Å². The zero-order valence-corrected chi connectivity index (χ0v) is 14.4. The summed E-state index contributed by atoms with van der Waals surface area (Å²) in [4.78, 5) is 11.8. The highest BCUT2D eigenvalue weighted by atomic mass is 16.5. The Morgan fingerprint density at radius 3 is 2.45 bits per heavy atom. The Labute approximate surface area is 136 Å². The van der Waals surface area contributed by atoms with Gasteiger partial charge in [-0.15, -0.1) is 0 Å². The average molecular weight is 304 g/mol. The number of carbonyl (C=O) groups excluding carboxylic acids is 1. The number of hydrogen-bond donors (Lipinski definition) is 0. The van der Waals surface area contributed by atoms with Crippen LogP contribution >= 0.6 is 0 Å². The third-order valence-corrected chi connectivity index (χ3v) is 3.99. The fourth-order valence-corrected chi connectivity index (χ4v) is 2.62. The molecule has 1 atom stereocenters. The number of esters is 1. The van der Waals surface area contributed by atoms with Gasteiger partial charge in [-0.3, -0.25) is 4.79 Å². The molecule has 0 saturated carbocycles. The van der Waals surface area contributed by atoms with Crippen LogP contribution in [0.15, 0.2) is 30.3 Å². The first-order chi connectivity index (χ1) is 10.7. The van der Waals surface area contributed by atoms with Gasteiger partial charge in [-0.05, 0) is 44.6 Å². The molecule has 0 aliphatic carbocycles. The summed E-state index contributed by atoms with van der Waals surface area (Å²) in [5, 5.41) is 0. The minimum atomic E-state index is -0.0332. The smallest absolute Gasteiger partial charge is 0.306 e. The standard InChI is InChI=1S/C20H32O2/c1-3-4-5-6-8-13-18(2)22-20(21)17-12-11-16-19-14-9-7-10-15-19/h7,9-10,14-15,18H,3-6,8,11-13,16-17H2,1-2H3. The highest BCUT2D eigenvalue weighted by Gasteiger charge is 2.09. The van der Waals surface area contributed by atoms with Gasteiger partial charge in [-0.2, -0.15) is 0 Å². The van der Waals surface area contributed by atoms with Crippen LogP contribution in [0.3, 0.4) is 0 Å². The fraction of sp³-hybridized carbons (Fsp3) is 0.650. The Hall–Kier alpha value is -1.31. The highest BCUT2D eigenvalue weighted by molar-refractivity contribution is 5.69. The lowest BCUT2D eigenvalue weighted by molar-refractivity contribution is -0.148. The van der Waals surface area contributed by atoms with Crippen molar-refractivity contribution in [2.45, 2.75) is 84.2 Å². The number of carbonyl (C=O) groups is 1. The first kappa shape index (κ1) is 18.7. The predicted molar refractivity (Wildman–Crippen MR) is 92.9 cm³/mol. The van der Waals surface area contributed by atoms with E-state index < -0.39 is 0 Å². The number of unbranched alkanes of at least 4 members (excludes halogenated alkanes) is 5. The van der Waals surface area contributed by atoms with Gasteiger partial charge in [0.2, 0.25) is 0 Å². The van der Waals surface area contributed by atoms with E-state index in [4.69, 9.17) is 4.74 Å². The van der Waals surface area contributed by atoms with E-state index in [0.29, 0.717) is 6.42 Å². The van der Waals surface area contributed by atoms with Crippen molar-refractivity contribution in [1.82, 2.24) is 0 Å². The molecule has 2 nitrogen and oxygen atoms in total. The second-order valence-electron chi connectivity index (χ2n) is 6.20. The normalized spacial score (nSPS) is 12.1. The molecule has 0 aliphatic heterocycles. The number of rotatable bonds is 12. The molecular formula is C20H32O2. The van der Waals surface area contributed by atoms with Gasteiger partial charge in [0, 0.05) is 6.42 Å². The fourth-order valence-electron chi connectivity index (χ4n) is 2.62. The van der Waals surface area contributed by atoms with Crippen molar-refractivity contribution >= 4 is 5.97 Å². The third kappa shape index (κ3) is 9.59. The maximum Gasteiger partial charge on any atom is 0.306 e. The first-order valence-electron chi connectivity index (χ1n) is 8.95. The molecule has 0 aromatic heterocycles. The summed E-state index contributed by atoms with van der Waals surface area (Å²) < 4.78 is 5.47. The van der Waals surface area contributed by atoms with Gasteiger partial charge in [-0.1, -0.05) is 62.9 Å². The predicted octanol–water partition coefficient (Wildman–Crippen LogP) is 5.69. The molecule has 0 amide bonds. The number of benzene rings is 1. The molecule has 0 spiro atoms. The molecular weight excluding hydrogens is 272 g/mol. The summed E-state index contributed by atoms with van der Waals surface area (Å²) in [6.45, 7) is 4.24. The maximum atomic E-state index is 11.8. The van der Waals surface area contributed by atoms with Gasteiger partial charge < -0.3 is 4.74 Å². The van der Waals surface area contributed by atoms with Gasteiger partial charge in [-0.25, -0.2) is 0 Å². The van der Waals surface area contributed by atoms with Crippen molar-refractivity contribution in [3.63, 3.8) is 0 Å². The van der Waals surface area contributed by atoms with Crippen LogP contribution < -0.4 is 0 Å². The molecule has 0 heterocycles. The minimum absolute atomic E-state index is 0.0332. The minimum Gasteiger partial charge on any atom is -0.463 e. The van der Waals surface area contributed by atoms with E-state index in [9.17, 15) is 4.79 Å². The molecule has 0 aliphatic rings. The van der Waals surface area contributed by atoms with Gasteiger partial charge in [0.05, 0.1) is 6.10 Å². The monoisotopic (exact) mass is 304 g/mol. The quantitative estimate of drug-likeness (QED) is 0.366. The molecule has 124 valence electrons. The van der Waals surface area contributed by atoms with E-state index in [1.807, 2.05) is 13.0 Å². The molecule has 1 rings (SSSR count). The summed E-state index contributed by atoms with van der Waals surface area (Å²) in [6.07, 6.45) is 10.9. The molecule has 2 heteroatoms. The lowest BCUT2D eigenvalue weighted by Gasteiger charge is -2.13. The molecule has 1 unspecified atom stereocenters. The van der Waals surface area contributed by atoms with E-state index in [1.165, 1.54) is 37.7 Å². The number of ether oxygens (including phenoxy) is 1. The van der Waals surface area contributed by atoms with Crippen LogP contribution in [-0.4, -0.2) is 12.1 Å². The van der Waals surface area contributed by atoms with Crippen molar-refractivity contribution in [2.75, 3.05) is 0 Å². The van der Waals surface area contributed by atoms with Crippen molar-refractivity contribution < 1.29 is 9.53 Å². The Kier molecular flexibility index (Phi) is 10.4. The summed E-state index contributed by atoms with van der Waals surface area (Å²) in [6, 6.07) is 10.4. The zero-order valence-electron chi connectivity index (χ0n) is 14.4. The Bertz CT molecular complexity index is 386. The van der Waals surface area contributed by atoms with E-state index in [2.05, 4.69) is 31.2 Å². The van der Waals surface area contributed by atoms with Crippen molar-refractivity contribution in [1.29, 1.82) is 0 Å². The average Bonchev–Trinajstić information content (AvgIpc) is 2.52. The second-order valence-corrected chi connectivity index (χ2v) is 6.20. The number of aryl methyl sites for hydroxylation is 1. The van der Waals surface area contributed by atoms with Crippen LogP contribution in [-0.2, 0) is 16.0 Å². The molecule has 0 N–H and O–H groups in total. The lowest BCUT2D eigenvalue weighted by Crippen LogP contribution is -2.14. The topological polar surface area (TPSA) is 26.3 Å². The van der Waals surface area contributed by atoms with E-state index in [0.717, 1.165) is 25.7 Å². The second kappa shape index (κ2) is 12.3. The Morgan fingerprint density at radius 1 is 1.00 bits per heavy atom. The molecule has 0 bridgehead atoms. The SMILES string of the molecule is CCCCCCCC(C)OC(=O)CCCCc1ccccc1. The van der Waals surface area contributed by atoms with Crippen LogP contribution in [0.5, 0.6) is 0 Å². The lowest BCUT2D eigenvalue weighted by atomic mass is 10.1. The Balaban J connectivity index is 2.00. The number of hydrogen-bond acceptors (Lipinski definition) is 2. The van der Waals surface area contributed by atoms with Crippen molar-refractivity contribution in [3.05, 3.63) is 35.9 Å². The maximum absolute atomic E-state index is 11.8. The molecule has 0 saturated heterocycles. The van der Waals surface area contributed by atoms with Crippen LogP contribution in [0.4, 0.5) is 0 Å². The van der Waals surface area contributed by atoms with Crippen LogP contribution in [0.2, 0.25) is 0 Å². The summed E-state index contributed by atoms with van der Waals surface area (Å²) in [5.41, 5.74) is 1.34. The van der Waals surface area contributed by atoms with Gasteiger partial charge in [0.15, 0.2) is 0 Å². The highest BCUT2D eigenvalue weighted by Crippen LogP contribution is 2.11. The van der Waals surface area contributed by atoms with Gasteiger partial charge in [0.25, 0.3) is 0 Å².